The third-order valence-electron chi connectivity index (χ3n) is 6.12. The van der Waals surface area contributed by atoms with Gasteiger partial charge in [0, 0.05) is 46.7 Å². The van der Waals surface area contributed by atoms with E-state index in [0.717, 1.165) is 18.8 Å². The molecule has 3 heterocycles. The minimum atomic E-state index is -1.04. The predicted molar refractivity (Wildman–Crippen MR) is 122 cm³/mol. The van der Waals surface area contributed by atoms with Crippen LogP contribution in [0.25, 0.3) is 22.2 Å². The Bertz CT molecular complexity index is 1190. The number of hydrogen-bond donors (Lipinski definition) is 3. The van der Waals surface area contributed by atoms with E-state index >= 15 is 4.39 Å². The van der Waals surface area contributed by atoms with Crippen LogP contribution in [0.15, 0.2) is 36.7 Å². The molecule has 1 amide bonds. The highest BCUT2D eigenvalue weighted by Crippen LogP contribution is 2.36. The summed E-state index contributed by atoms with van der Waals surface area (Å²) in [5.74, 6) is -0.689. The molecule has 0 radical (unpaired) electrons. The predicted octanol–water partition coefficient (Wildman–Crippen LogP) is 2.74. The standard InChI is InChI=1S/C23H23ClFN5O3/c24-17-11-18(25)16(10-15(17)23(32)19-3-4-21(31)29-28-19)22-14-2-1-13(9-20(14)26-12-27-22)30-5-7-33-8-6-30/h1-2,9-12,19,23,28,32H,3-8H2,(H,29,31). The number of hydrogen-bond acceptors (Lipinski definition) is 7. The van der Waals surface area contributed by atoms with E-state index in [1.54, 1.807) is 0 Å². The number of aromatic nitrogens is 2. The number of carbonyl (C=O) groups excluding carboxylic acids is 1. The Labute approximate surface area is 194 Å². The van der Waals surface area contributed by atoms with Crippen LogP contribution in [0.5, 0.6) is 0 Å². The topological polar surface area (TPSA) is 99.6 Å². The maximum absolute atomic E-state index is 15.0. The SMILES string of the molecule is O=C1CCC(C(O)c2cc(-c3ncnc4cc(N5CCOCC5)ccc34)c(F)cc2Cl)NN1. The Hall–Kier alpha value is -2.85. The van der Waals surface area contributed by atoms with Crippen molar-refractivity contribution in [2.24, 2.45) is 0 Å². The molecule has 0 spiro atoms. The first kappa shape index (κ1) is 22.0. The molecule has 2 atom stereocenters. The normalized spacial score (nSPS) is 20.0. The molecule has 3 aromatic rings. The highest BCUT2D eigenvalue weighted by atomic mass is 35.5. The van der Waals surface area contributed by atoms with E-state index in [4.69, 9.17) is 16.3 Å². The number of ether oxygens (including phenoxy) is 1. The van der Waals surface area contributed by atoms with Crippen LogP contribution in [0.3, 0.4) is 0 Å². The number of rotatable bonds is 4. The maximum atomic E-state index is 15.0. The lowest BCUT2D eigenvalue weighted by molar-refractivity contribution is -0.124. The van der Waals surface area contributed by atoms with Crippen LogP contribution in [-0.2, 0) is 9.53 Å². The van der Waals surface area contributed by atoms with Crippen molar-refractivity contribution in [3.8, 4) is 11.3 Å². The van der Waals surface area contributed by atoms with Gasteiger partial charge in [0.25, 0.3) is 0 Å². The third-order valence-corrected chi connectivity index (χ3v) is 6.44. The van der Waals surface area contributed by atoms with Crippen LogP contribution in [0, 0.1) is 5.82 Å². The van der Waals surface area contributed by atoms with E-state index < -0.39 is 18.0 Å². The zero-order chi connectivity index (χ0) is 22.9. The smallest absolute Gasteiger partial charge is 0.234 e. The lowest BCUT2D eigenvalue weighted by atomic mass is 9.94. The molecular formula is C23H23ClFN5O3. The number of aliphatic hydroxyl groups excluding tert-OH is 1. The van der Waals surface area contributed by atoms with Gasteiger partial charge < -0.3 is 14.7 Å². The van der Waals surface area contributed by atoms with Gasteiger partial charge in [-0.25, -0.2) is 19.8 Å². The first-order chi connectivity index (χ1) is 16.0. The van der Waals surface area contributed by atoms with Crippen molar-refractivity contribution in [3.05, 3.63) is 53.1 Å². The summed E-state index contributed by atoms with van der Waals surface area (Å²) in [6.07, 6.45) is 1.07. The Morgan fingerprint density at radius 3 is 2.79 bits per heavy atom. The summed E-state index contributed by atoms with van der Waals surface area (Å²) in [7, 11) is 0. The lowest BCUT2D eigenvalue weighted by Gasteiger charge is -2.29. The van der Waals surface area contributed by atoms with Crippen LogP contribution in [0.1, 0.15) is 24.5 Å². The fraction of sp³-hybridized carbons (Fsp3) is 0.348. The maximum Gasteiger partial charge on any atom is 0.234 e. The van der Waals surface area contributed by atoms with Gasteiger partial charge in [0.1, 0.15) is 12.1 Å². The molecule has 1 aromatic heterocycles. The Morgan fingerprint density at radius 2 is 2.03 bits per heavy atom. The van der Waals surface area contributed by atoms with E-state index in [9.17, 15) is 9.90 Å². The molecule has 0 aliphatic carbocycles. The summed E-state index contributed by atoms with van der Waals surface area (Å²) < 4.78 is 20.5. The molecule has 2 saturated heterocycles. The zero-order valence-corrected chi connectivity index (χ0v) is 18.5. The van der Waals surface area contributed by atoms with Gasteiger partial charge in [-0.15, -0.1) is 0 Å². The highest BCUT2D eigenvalue weighted by Gasteiger charge is 2.28. The van der Waals surface area contributed by atoms with Gasteiger partial charge in [-0.1, -0.05) is 11.6 Å². The van der Waals surface area contributed by atoms with Crippen molar-refractivity contribution in [3.63, 3.8) is 0 Å². The second-order valence-corrected chi connectivity index (χ2v) is 8.57. The van der Waals surface area contributed by atoms with Crippen LogP contribution in [0.4, 0.5) is 10.1 Å². The van der Waals surface area contributed by atoms with Crippen LogP contribution >= 0.6 is 11.6 Å². The fourth-order valence-electron chi connectivity index (χ4n) is 4.30. The number of halogens is 2. The molecule has 2 aliphatic rings. The molecule has 0 bridgehead atoms. The number of morpholine rings is 1. The lowest BCUT2D eigenvalue weighted by Crippen LogP contribution is -2.51. The van der Waals surface area contributed by atoms with Gasteiger partial charge in [-0.05, 0) is 36.8 Å². The minimum absolute atomic E-state index is 0.107. The second kappa shape index (κ2) is 9.18. The van der Waals surface area contributed by atoms with E-state index in [1.165, 1.54) is 18.5 Å². The molecule has 33 heavy (non-hydrogen) atoms. The van der Waals surface area contributed by atoms with Gasteiger partial charge in [-0.2, -0.15) is 0 Å². The number of hydrazine groups is 1. The number of carbonyl (C=O) groups is 1. The van der Waals surface area contributed by atoms with E-state index in [1.807, 2.05) is 18.2 Å². The Morgan fingerprint density at radius 1 is 1.21 bits per heavy atom. The summed E-state index contributed by atoms with van der Waals surface area (Å²) in [6.45, 7) is 2.94. The molecule has 5 rings (SSSR count). The van der Waals surface area contributed by atoms with Crippen molar-refractivity contribution in [1.29, 1.82) is 0 Å². The Kier molecular flexibility index (Phi) is 6.11. The number of fused-ring (bicyclic) bond motifs is 1. The second-order valence-electron chi connectivity index (χ2n) is 8.16. The number of nitrogens with zero attached hydrogens (tertiary/aromatic N) is 3. The van der Waals surface area contributed by atoms with Crippen molar-refractivity contribution < 1.29 is 19.0 Å². The van der Waals surface area contributed by atoms with Crippen LogP contribution < -0.4 is 15.8 Å². The number of aliphatic hydroxyl groups is 1. The third kappa shape index (κ3) is 4.37. The van der Waals surface area contributed by atoms with Gasteiger partial charge in [0.15, 0.2) is 0 Å². The minimum Gasteiger partial charge on any atom is -0.387 e. The zero-order valence-electron chi connectivity index (χ0n) is 17.7. The number of amides is 1. The molecule has 3 N–H and O–H groups in total. The molecule has 2 unspecified atom stereocenters. The van der Waals surface area contributed by atoms with Crippen molar-refractivity contribution in [2.45, 2.75) is 25.0 Å². The molecule has 0 saturated carbocycles. The fourth-order valence-corrected chi connectivity index (χ4v) is 4.56. The quantitative estimate of drug-likeness (QED) is 0.538. The van der Waals surface area contributed by atoms with E-state index in [0.29, 0.717) is 41.8 Å². The Balaban J connectivity index is 1.52. The monoisotopic (exact) mass is 471 g/mol. The van der Waals surface area contributed by atoms with E-state index in [2.05, 4.69) is 25.7 Å². The molecule has 172 valence electrons. The average molecular weight is 472 g/mol. The van der Waals surface area contributed by atoms with Crippen LogP contribution in [0.2, 0.25) is 5.02 Å². The number of nitrogens with one attached hydrogen (secondary N) is 2. The van der Waals surface area contributed by atoms with Gasteiger partial charge in [-0.3, -0.25) is 10.2 Å². The van der Waals surface area contributed by atoms with Gasteiger partial charge in [0.2, 0.25) is 5.91 Å². The summed E-state index contributed by atoms with van der Waals surface area (Å²) in [6, 6.07) is 8.09. The molecule has 8 nitrogen and oxygen atoms in total. The summed E-state index contributed by atoms with van der Waals surface area (Å²) in [5.41, 5.74) is 8.02. The van der Waals surface area contributed by atoms with Crippen LogP contribution in [-0.4, -0.2) is 53.3 Å². The number of anilines is 1. The molecular weight excluding hydrogens is 449 g/mol. The number of benzene rings is 2. The molecule has 10 heteroatoms. The molecule has 2 aliphatic heterocycles. The summed E-state index contributed by atoms with van der Waals surface area (Å²) in [5, 5.41) is 11.7. The first-order valence-electron chi connectivity index (χ1n) is 10.8. The first-order valence-corrected chi connectivity index (χ1v) is 11.2. The van der Waals surface area contributed by atoms with Crippen molar-refractivity contribution in [2.75, 3.05) is 31.2 Å². The molecule has 2 fully saturated rings. The van der Waals surface area contributed by atoms with Crippen molar-refractivity contribution >= 4 is 34.1 Å². The van der Waals surface area contributed by atoms with E-state index in [-0.39, 0.29) is 22.9 Å². The van der Waals surface area contributed by atoms with Crippen molar-refractivity contribution in [1.82, 2.24) is 20.8 Å². The average Bonchev–Trinajstić information content (AvgIpc) is 2.84. The van der Waals surface area contributed by atoms with Gasteiger partial charge in [0.05, 0.1) is 36.6 Å². The summed E-state index contributed by atoms with van der Waals surface area (Å²) >= 11 is 6.29. The summed E-state index contributed by atoms with van der Waals surface area (Å²) in [4.78, 5) is 22.4. The molecule has 2 aromatic carbocycles. The highest BCUT2D eigenvalue weighted by molar-refractivity contribution is 6.31. The largest absolute Gasteiger partial charge is 0.387 e. The van der Waals surface area contributed by atoms with Gasteiger partial charge >= 0.3 is 0 Å².